The Morgan fingerprint density at radius 3 is 2.35 bits per heavy atom. The lowest BCUT2D eigenvalue weighted by Crippen LogP contribution is -2.46. The van der Waals surface area contributed by atoms with Crippen LogP contribution in [-0.2, 0) is 0 Å². The van der Waals surface area contributed by atoms with Gasteiger partial charge in [0.05, 0.1) is 0 Å². The molecule has 0 spiro atoms. The summed E-state index contributed by atoms with van der Waals surface area (Å²) in [6, 6.07) is 2.21. The van der Waals surface area contributed by atoms with Crippen LogP contribution < -0.4 is 5.32 Å². The second-order valence-electron chi connectivity index (χ2n) is 6.47. The zero-order valence-electron chi connectivity index (χ0n) is 11.9. The van der Waals surface area contributed by atoms with Crippen molar-refractivity contribution in [3.8, 4) is 0 Å². The molecule has 2 aliphatic rings. The molecule has 1 saturated heterocycles. The molecule has 0 aromatic heterocycles. The minimum Gasteiger partial charge on any atom is -0.313 e. The van der Waals surface area contributed by atoms with Gasteiger partial charge in [-0.3, -0.25) is 4.90 Å². The van der Waals surface area contributed by atoms with Gasteiger partial charge in [0.2, 0.25) is 0 Å². The van der Waals surface area contributed by atoms with E-state index < -0.39 is 0 Å². The first-order valence-electron chi connectivity index (χ1n) is 7.66. The molecule has 2 unspecified atom stereocenters. The molecular formula is C15H30N2. The van der Waals surface area contributed by atoms with Crippen molar-refractivity contribution >= 4 is 0 Å². The molecule has 0 amide bonds. The van der Waals surface area contributed by atoms with Gasteiger partial charge >= 0.3 is 0 Å². The maximum Gasteiger partial charge on any atom is 0.0195 e. The predicted octanol–water partition coefficient (Wildman–Crippen LogP) is 3.03. The summed E-state index contributed by atoms with van der Waals surface area (Å²) in [5.41, 5.74) is 0. The van der Waals surface area contributed by atoms with Crippen LogP contribution in [0.1, 0.15) is 59.3 Å². The highest BCUT2D eigenvalue weighted by Crippen LogP contribution is 2.32. The first kappa shape index (κ1) is 13.4. The lowest BCUT2D eigenvalue weighted by Gasteiger charge is -2.38. The Hall–Kier alpha value is -0.0800. The summed E-state index contributed by atoms with van der Waals surface area (Å²) < 4.78 is 0. The van der Waals surface area contributed by atoms with E-state index in [1.54, 1.807) is 0 Å². The van der Waals surface area contributed by atoms with Gasteiger partial charge in [0.25, 0.3) is 0 Å². The van der Waals surface area contributed by atoms with Crippen molar-refractivity contribution in [3.05, 3.63) is 0 Å². The molecule has 0 bridgehead atoms. The molecular weight excluding hydrogens is 208 g/mol. The molecule has 2 heteroatoms. The van der Waals surface area contributed by atoms with Crippen LogP contribution in [0.2, 0.25) is 0 Å². The van der Waals surface area contributed by atoms with Gasteiger partial charge in [0.15, 0.2) is 0 Å². The number of nitrogens with one attached hydrogen (secondary N) is 1. The van der Waals surface area contributed by atoms with E-state index in [1.807, 2.05) is 0 Å². The second-order valence-corrected chi connectivity index (χ2v) is 6.47. The molecule has 100 valence electrons. The first-order chi connectivity index (χ1) is 8.16. The van der Waals surface area contributed by atoms with E-state index in [1.165, 1.54) is 51.6 Å². The van der Waals surface area contributed by atoms with Gasteiger partial charge in [-0.05, 0) is 52.5 Å². The van der Waals surface area contributed by atoms with Gasteiger partial charge in [0, 0.05) is 24.7 Å². The fourth-order valence-corrected chi connectivity index (χ4v) is 3.41. The van der Waals surface area contributed by atoms with Gasteiger partial charge in [0.1, 0.15) is 0 Å². The Morgan fingerprint density at radius 1 is 1.12 bits per heavy atom. The lowest BCUT2D eigenvalue weighted by molar-refractivity contribution is 0.114. The summed E-state index contributed by atoms with van der Waals surface area (Å²) >= 11 is 0. The van der Waals surface area contributed by atoms with Crippen LogP contribution >= 0.6 is 0 Å². The molecule has 1 N–H and O–H groups in total. The smallest absolute Gasteiger partial charge is 0.0195 e. The Morgan fingerprint density at radius 2 is 1.88 bits per heavy atom. The van der Waals surface area contributed by atoms with Crippen LogP contribution in [0.3, 0.4) is 0 Å². The van der Waals surface area contributed by atoms with Crippen LogP contribution in [0.25, 0.3) is 0 Å². The molecule has 1 saturated carbocycles. The highest BCUT2D eigenvalue weighted by molar-refractivity contribution is 4.84. The summed E-state index contributed by atoms with van der Waals surface area (Å²) in [6.07, 6.45) is 8.61. The van der Waals surface area contributed by atoms with Crippen molar-refractivity contribution in [1.82, 2.24) is 10.2 Å². The zero-order chi connectivity index (χ0) is 12.3. The Kier molecular flexibility index (Phi) is 4.87. The van der Waals surface area contributed by atoms with Gasteiger partial charge in [-0.1, -0.05) is 19.3 Å². The van der Waals surface area contributed by atoms with Gasteiger partial charge in [-0.15, -0.1) is 0 Å². The highest BCUT2D eigenvalue weighted by atomic mass is 15.2. The minimum absolute atomic E-state index is 0.687. The van der Waals surface area contributed by atoms with E-state index in [0.29, 0.717) is 6.04 Å². The predicted molar refractivity (Wildman–Crippen MR) is 74.3 cm³/mol. The van der Waals surface area contributed by atoms with Crippen LogP contribution in [0.5, 0.6) is 0 Å². The number of hydrogen-bond acceptors (Lipinski definition) is 2. The number of rotatable bonds is 6. The van der Waals surface area contributed by atoms with Crippen molar-refractivity contribution in [1.29, 1.82) is 0 Å². The summed E-state index contributed by atoms with van der Waals surface area (Å²) in [6.45, 7) is 9.63. The van der Waals surface area contributed by atoms with Crippen molar-refractivity contribution in [2.24, 2.45) is 5.92 Å². The third-order valence-corrected chi connectivity index (χ3v) is 4.72. The topological polar surface area (TPSA) is 15.3 Å². The van der Waals surface area contributed by atoms with Crippen molar-refractivity contribution in [3.63, 3.8) is 0 Å². The highest BCUT2D eigenvalue weighted by Gasteiger charge is 2.27. The fourth-order valence-electron chi connectivity index (χ4n) is 3.41. The molecule has 2 fully saturated rings. The van der Waals surface area contributed by atoms with E-state index >= 15 is 0 Å². The van der Waals surface area contributed by atoms with Crippen molar-refractivity contribution < 1.29 is 0 Å². The summed E-state index contributed by atoms with van der Waals surface area (Å²) in [4.78, 5) is 2.72. The van der Waals surface area contributed by atoms with Crippen LogP contribution in [0.15, 0.2) is 0 Å². The van der Waals surface area contributed by atoms with Gasteiger partial charge in [-0.2, -0.15) is 0 Å². The third kappa shape index (κ3) is 3.69. The SMILES string of the molecule is CC(C)N(CC1CCCN1)C(C)CC1CCC1. The summed E-state index contributed by atoms with van der Waals surface area (Å²) in [5.74, 6) is 1.03. The molecule has 1 heterocycles. The maximum absolute atomic E-state index is 3.64. The quantitative estimate of drug-likeness (QED) is 0.765. The molecule has 0 aromatic carbocycles. The van der Waals surface area contributed by atoms with E-state index in [2.05, 4.69) is 31.0 Å². The molecule has 0 radical (unpaired) electrons. The van der Waals surface area contributed by atoms with Gasteiger partial charge in [-0.25, -0.2) is 0 Å². The normalized spacial score (nSPS) is 27.7. The molecule has 1 aliphatic heterocycles. The van der Waals surface area contributed by atoms with Crippen LogP contribution in [-0.4, -0.2) is 36.1 Å². The molecule has 17 heavy (non-hydrogen) atoms. The van der Waals surface area contributed by atoms with E-state index in [-0.39, 0.29) is 0 Å². The maximum atomic E-state index is 3.64. The number of hydrogen-bond donors (Lipinski definition) is 1. The third-order valence-electron chi connectivity index (χ3n) is 4.72. The molecule has 0 aromatic rings. The first-order valence-corrected chi connectivity index (χ1v) is 7.66. The molecule has 1 aliphatic carbocycles. The second kappa shape index (κ2) is 6.19. The zero-order valence-corrected chi connectivity index (χ0v) is 11.9. The Balaban J connectivity index is 1.81. The molecule has 2 rings (SSSR count). The minimum atomic E-state index is 0.687. The van der Waals surface area contributed by atoms with Crippen molar-refractivity contribution in [2.75, 3.05) is 13.1 Å². The standard InChI is InChI=1S/C15H30N2/c1-12(2)17(11-15-8-5-9-16-15)13(3)10-14-6-4-7-14/h12-16H,4-11H2,1-3H3. The van der Waals surface area contributed by atoms with E-state index in [9.17, 15) is 0 Å². The fraction of sp³-hybridized carbons (Fsp3) is 1.00. The van der Waals surface area contributed by atoms with Crippen molar-refractivity contribution in [2.45, 2.75) is 77.4 Å². The molecule has 2 atom stereocenters. The molecule has 2 nitrogen and oxygen atoms in total. The van der Waals surface area contributed by atoms with Crippen LogP contribution in [0.4, 0.5) is 0 Å². The number of nitrogens with zero attached hydrogens (tertiary/aromatic N) is 1. The summed E-state index contributed by atoms with van der Waals surface area (Å²) in [7, 11) is 0. The Labute approximate surface area is 107 Å². The largest absolute Gasteiger partial charge is 0.313 e. The summed E-state index contributed by atoms with van der Waals surface area (Å²) in [5, 5.41) is 3.64. The average Bonchev–Trinajstić information content (AvgIpc) is 2.72. The van der Waals surface area contributed by atoms with E-state index in [4.69, 9.17) is 0 Å². The Bertz CT molecular complexity index is 217. The van der Waals surface area contributed by atoms with E-state index in [0.717, 1.165) is 18.0 Å². The monoisotopic (exact) mass is 238 g/mol. The average molecular weight is 238 g/mol. The van der Waals surface area contributed by atoms with Gasteiger partial charge < -0.3 is 5.32 Å². The lowest BCUT2D eigenvalue weighted by atomic mass is 9.80. The van der Waals surface area contributed by atoms with Crippen LogP contribution in [0, 0.1) is 5.92 Å².